The Morgan fingerprint density at radius 3 is 2.82 bits per heavy atom. The highest BCUT2D eigenvalue weighted by molar-refractivity contribution is 5.03. The Balaban J connectivity index is 2.06. The molecule has 1 saturated carbocycles. The first kappa shape index (κ1) is 7.08. The second kappa shape index (κ2) is 2.20. The number of hydrogen-bond donors (Lipinski definition) is 1. The lowest BCUT2D eigenvalue weighted by Crippen LogP contribution is -2.57. The van der Waals surface area contributed by atoms with E-state index < -0.39 is 5.60 Å². The van der Waals surface area contributed by atoms with Gasteiger partial charge in [0.05, 0.1) is 25.2 Å². The summed E-state index contributed by atoms with van der Waals surface area (Å²) in [4.78, 5) is 0. The van der Waals surface area contributed by atoms with Crippen molar-refractivity contribution in [3.63, 3.8) is 0 Å². The Morgan fingerprint density at radius 1 is 1.64 bits per heavy atom. The SMILES string of the molecule is N#CCC1(O)COC2CC1C2. The fourth-order valence-corrected chi connectivity index (χ4v) is 1.85. The summed E-state index contributed by atoms with van der Waals surface area (Å²) in [7, 11) is 0. The van der Waals surface area contributed by atoms with Crippen LogP contribution >= 0.6 is 0 Å². The molecule has 1 N–H and O–H groups in total. The van der Waals surface area contributed by atoms with E-state index in [9.17, 15) is 5.11 Å². The molecule has 11 heavy (non-hydrogen) atoms. The molecule has 3 fully saturated rings. The van der Waals surface area contributed by atoms with Crippen molar-refractivity contribution in [1.29, 1.82) is 5.26 Å². The fraction of sp³-hybridized carbons (Fsp3) is 0.875. The van der Waals surface area contributed by atoms with Crippen LogP contribution in [0.1, 0.15) is 19.3 Å². The van der Waals surface area contributed by atoms with Gasteiger partial charge in [0.15, 0.2) is 0 Å². The number of rotatable bonds is 1. The van der Waals surface area contributed by atoms with E-state index in [0.29, 0.717) is 18.6 Å². The van der Waals surface area contributed by atoms with E-state index >= 15 is 0 Å². The molecule has 2 bridgehead atoms. The molecule has 2 saturated heterocycles. The molecule has 0 aromatic heterocycles. The van der Waals surface area contributed by atoms with Gasteiger partial charge in [-0.25, -0.2) is 0 Å². The number of aliphatic hydroxyl groups is 1. The smallest absolute Gasteiger partial charge is 0.104 e. The van der Waals surface area contributed by atoms with Crippen molar-refractivity contribution >= 4 is 0 Å². The van der Waals surface area contributed by atoms with Crippen LogP contribution in [0.25, 0.3) is 0 Å². The van der Waals surface area contributed by atoms with Crippen molar-refractivity contribution < 1.29 is 9.84 Å². The lowest BCUT2D eigenvalue weighted by molar-refractivity contribution is -0.215. The Hall–Kier alpha value is -0.590. The molecule has 0 radical (unpaired) electrons. The molecule has 3 heteroatoms. The summed E-state index contributed by atoms with van der Waals surface area (Å²) in [5, 5.41) is 18.3. The van der Waals surface area contributed by atoms with Crippen molar-refractivity contribution in [2.45, 2.75) is 31.0 Å². The minimum atomic E-state index is -0.830. The lowest BCUT2D eigenvalue weighted by Gasteiger charge is -2.50. The molecule has 0 aromatic carbocycles. The standard InChI is InChI=1S/C8H11NO2/c9-2-1-8(10)5-11-7-3-6(8)4-7/h6-7,10H,1,3-5H2. The van der Waals surface area contributed by atoms with Crippen molar-refractivity contribution in [2.24, 2.45) is 5.92 Å². The van der Waals surface area contributed by atoms with Gasteiger partial charge in [-0.15, -0.1) is 0 Å². The van der Waals surface area contributed by atoms with Gasteiger partial charge < -0.3 is 9.84 Å². The first-order valence-electron chi connectivity index (χ1n) is 3.95. The van der Waals surface area contributed by atoms with Gasteiger partial charge in [-0.1, -0.05) is 0 Å². The van der Waals surface area contributed by atoms with Gasteiger partial charge in [0.1, 0.15) is 5.60 Å². The zero-order valence-electron chi connectivity index (χ0n) is 6.29. The predicted molar refractivity (Wildman–Crippen MR) is 37.6 cm³/mol. The summed E-state index contributed by atoms with van der Waals surface area (Å²) >= 11 is 0. The molecule has 1 aliphatic carbocycles. The maximum absolute atomic E-state index is 9.83. The largest absolute Gasteiger partial charge is 0.386 e. The van der Waals surface area contributed by atoms with Crippen LogP contribution in [-0.4, -0.2) is 23.4 Å². The first-order chi connectivity index (χ1) is 5.24. The van der Waals surface area contributed by atoms with Gasteiger partial charge in [-0.2, -0.15) is 5.26 Å². The average Bonchev–Trinajstić information content (AvgIpc) is 1.84. The molecular weight excluding hydrogens is 142 g/mol. The first-order valence-corrected chi connectivity index (χ1v) is 3.95. The molecular formula is C8H11NO2. The summed E-state index contributed by atoms with van der Waals surface area (Å²) < 4.78 is 5.31. The van der Waals surface area contributed by atoms with E-state index in [1.807, 2.05) is 6.07 Å². The summed E-state index contributed by atoms with van der Waals surface area (Å²) in [5.41, 5.74) is -0.830. The van der Waals surface area contributed by atoms with E-state index in [-0.39, 0.29) is 6.42 Å². The van der Waals surface area contributed by atoms with Crippen LogP contribution in [0, 0.1) is 17.2 Å². The summed E-state index contributed by atoms with van der Waals surface area (Å²) in [6.07, 6.45) is 2.47. The summed E-state index contributed by atoms with van der Waals surface area (Å²) in [5.74, 6) is 0.320. The second-order valence-corrected chi connectivity index (χ2v) is 3.54. The number of ether oxygens (including phenoxy) is 1. The molecule has 3 rings (SSSR count). The van der Waals surface area contributed by atoms with Gasteiger partial charge in [0.25, 0.3) is 0 Å². The third-order valence-electron chi connectivity index (χ3n) is 2.81. The Bertz CT molecular complexity index is 202. The van der Waals surface area contributed by atoms with Crippen LogP contribution in [0.15, 0.2) is 0 Å². The molecule has 0 amide bonds. The van der Waals surface area contributed by atoms with Gasteiger partial charge in [-0.3, -0.25) is 0 Å². The normalized spacial score (nSPS) is 47.6. The summed E-state index contributed by atoms with van der Waals surface area (Å²) in [6, 6.07) is 2.00. The predicted octanol–water partition coefficient (Wildman–Crippen LogP) is 0.440. The fourth-order valence-electron chi connectivity index (χ4n) is 1.85. The average molecular weight is 153 g/mol. The van der Waals surface area contributed by atoms with E-state index in [4.69, 9.17) is 10.00 Å². The Kier molecular flexibility index (Phi) is 1.41. The Morgan fingerprint density at radius 2 is 2.36 bits per heavy atom. The molecule has 1 unspecified atom stereocenters. The van der Waals surface area contributed by atoms with E-state index in [1.165, 1.54) is 0 Å². The van der Waals surface area contributed by atoms with Crippen LogP contribution in [0.2, 0.25) is 0 Å². The van der Waals surface area contributed by atoms with Crippen LogP contribution < -0.4 is 0 Å². The van der Waals surface area contributed by atoms with Crippen molar-refractivity contribution in [1.82, 2.24) is 0 Å². The third kappa shape index (κ3) is 0.943. The van der Waals surface area contributed by atoms with Crippen LogP contribution in [0.4, 0.5) is 0 Å². The number of fused-ring (bicyclic) bond motifs is 2. The minimum Gasteiger partial charge on any atom is -0.386 e. The van der Waals surface area contributed by atoms with Crippen molar-refractivity contribution in [3.8, 4) is 6.07 Å². The quantitative estimate of drug-likeness (QED) is 0.594. The highest BCUT2D eigenvalue weighted by atomic mass is 16.5. The maximum Gasteiger partial charge on any atom is 0.104 e. The number of nitriles is 1. The van der Waals surface area contributed by atoms with Crippen molar-refractivity contribution in [3.05, 3.63) is 0 Å². The van der Waals surface area contributed by atoms with E-state index in [1.54, 1.807) is 0 Å². The molecule has 2 aliphatic heterocycles. The molecule has 60 valence electrons. The minimum absolute atomic E-state index is 0.213. The molecule has 2 heterocycles. The molecule has 0 spiro atoms. The molecule has 3 aliphatic rings. The number of hydrogen-bond acceptors (Lipinski definition) is 3. The molecule has 0 aromatic rings. The van der Waals surface area contributed by atoms with Crippen LogP contribution in [0.3, 0.4) is 0 Å². The van der Waals surface area contributed by atoms with E-state index in [0.717, 1.165) is 12.8 Å². The Labute approximate surface area is 65.6 Å². The monoisotopic (exact) mass is 153 g/mol. The zero-order valence-corrected chi connectivity index (χ0v) is 6.29. The highest BCUT2D eigenvalue weighted by Crippen LogP contribution is 2.44. The van der Waals surface area contributed by atoms with Crippen molar-refractivity contribution in [2.75, 3.05) is 6.61 Å². The highest BCUT2D eigenvalue weighted by Gasteiger charge is 2.50. The molecule has 3 nitrogen and oxygen atoms in total. The van der Waals surface area contributed by atoms with Gasteiger partial charge in [0, 0.05) is 0 Å². The van der Waals surface area contributed by atoms with Crippen LogP contribution in [0.5, 0.6) is 0 Å². The molecule has 1 atom stereocenters. The van der Waals surface area contributed by atoms with Gasteiger partial charge >= 0.3 is 0 Å². The third-order valence-corrected chi connectivity index (χ3v) is 2.81. The van der Waals surface area contributed by atoms with Crippen LogP contribution in [-0.2, 0) is 4.74 Å². The topological polar surface area (TPSA) is 53.2 Å². The van der Waals surface area contributed by atoms with Gasteiger partial charge in [-0.05, 0) is 18.8 Å². The zero-order chi connectivity index (χ0) is 7.90. The van der Waals surface area contributed by atoms with E-state index in [2.05, 4.69) is 0 Å². The second-order valence-electron chi connectivity index (χ2n) is 3.54. The lowest BCUT2D eigenvalue weighted by atomic mass is 9.68. The maximum atomic E-state index is 9.83. The number of nitrogens with zero attached hydrogens (tertiary/aromatic N) is 1. The van der Waals surface area contributed by atoms with Gasteiger partial charge in [0.2, 0.25) is 0 Å². The summed E-state index contributed by atoms with van der Waals surface area (Å²) in [6.45, 7) is 0.357.